The highest BCUT2D eigenvalue weighted by molar-refractivity contribution is 6.04. The minimum Gasteiger partial charge on any atom is -0.459 e. The van der Waals surface area contributed by atoms with Crippen molar-refractivity contribution in [3.8, 4) is 0 Å². The number of benzene rings is 2. The number of nitrogens with one attached hydrogen (secondary N) is 3. The average molecular weight is 487 g/mol. The van der Waals surface area contributed by atoms with Gasteiger partial charge >= 0.3 is 0 Å². The molecule has 0 unspecified atom stereocenters. The molecule has 0 radical (unpaired) electrons. The van der Waals surface area contributed by atoms with Gasteiger partial charge in [0.1, 0.15) is 17.7 Å². The number of halogens is 1. The fourth-order valence-corrected chi connectivity index (χ4v) is 4.01. The second-order valence-corrected chi connectivity index (χ2v) is 8.35. The standard InChI is InChI=1S/C26H23FN6O3/c1-16-22-23(30-31-24(22)33(32-16)15-18-9-11-19(27)12-10-18)29-25(34)20(14-17-6-3-2-4-7-17)28-26(35)21-8-5-13-36-21/h2-13,20H,14-15H2,1H3,(H,28,35)(H2,29,30,31,34)/t20-/m1/s1. The third-order valence-corrected chi connectivity index (χ3v) is 5.77. The molecule has 3 aromatic heterocycles. The molecular formula is C26H23FN6O3. The van der Waals surface area contributed by atoms with Crippen LogP contribution >= 0.6 is 0 Å². The van der Waals surface area contributed by atoms with Gasteiger partial charge in [0.25, 0.3) is 5.91 Å². The minimum absolute atomic E-state index is 0.114. The molecule has 10 heteroatoms. The maximum atomic E-state index is 13.3. The Bertz CT molecular complexity index is 1490. The van der Waals surface area contributed by atoms with E-state index in [1.165, 1.54) is 24.5 Å². The fraction of sp³-hybridized carbons (Fsp3) is 0.154. The number of aromatic nitrogens is 4. The zero-order chi connectivity index (χ0) is 25.1. The Morgan fingerprint density at radius 2 is 1.83 bits per heavy atom. The van der Waals surface area contributed by atoms with Crippen LogP contribution in [0.2, 0.25) is 0 Å². The molecule has 5 aromatic rings. The summed E-state index contributed by atoms with van der Waals surface area (Å²) in [7, 11) is 0. The number of aromatic amines is 1. The first-order valence-corrected chi connectivity index (χ1v) is 11.3. The summed E-state index contributed by atoms with van der Waals surface area (Å²) in [6.07, 6.45) is 1.67. The Labute approximate surface area is 205 Å². The molecule has 2 aromatic carbocycles. The zero-order valence-electron chi connectivity index (χ0n) is 19.4. The van der Waals surface area contributed by atoms with Crippen LogP contribution in [0, 0.1) is 12.7 Å². The van der Waals surface area contributed by atoms with E-state index in [-0.39, 0.29) is 18.0 Å². The Balaban J connectivity index is 1.38. The van der Waals surface area contributed by atoms with E-state index in [2.05, 4.69) is 25.9 Å². The molecule has 9 nitrogen and oxygen atoms in total. The summed E-state index contributed by atoms with van der Waals surface area (Å²) < 4.78 is 20.1. The zero-order valence-corrected chi connectivity index (χ0v) is 19.4. The van der Waals surface area contributed by atoms with Gasteiger partial charge in [0.05, 0.1) is 23.9 Å². The van der Waals surface area contributed by atoms with E-state index in [1.807, 2.05) is 37.3 Å². The number of carbonyl (C=O) groups excluding carboxylic acids is 2. The van der Waals surface area contributed by atoms with E-state index >= 15 is 0 Å². The predicted molar refractivity (Wildman–Crippen MR) is 131 cm³/mol. The first-order valence-electron chi connectivity index (χ1n) is 11.3. The van der Waals surface area contributed by atoms with Crippen LogP contribution in [0.5, 0.6) is 0 Å². The van der Waals surface area contributed by atoms with Crippen molar-refractivity contribution < 1.29 is 18.4 Å². The predicted octanol–water partition coefficient (Wildman–Crippen LogP) is 3.83. The lowest BCUT2D eigenvalue weighted by atomic mass is 10.0. The number of aryl methyl sites for hydroxylation is 1. The molecule has 3 heterocycles. The SMILES string of the molecule is Cc1nn(Cc2ccc(F)cc2)c2n[nH]c(NC(=O)[C@@H](Cc3ccccc3)NC(=O)c3ccco3)c12. The van der Waals surface area contributed by atoms with Crippen LogP contribution in [-0.2, 0) is 17.8 Å². The Morgan fingerprint density at radius 1 is 1.06 bits per heavy atom. The molecule has 1 atom stereocenters. The number of anilines is 1. The van der Waals surface area contributed by atoms with Crippen LogP contribution in [0.25, 0.3) is 11.0 Å². The highest BCUT2D eigenvalue weighted by Gasteiger charge is 2.25. The van der Waals surface area contributed by atoms with Gasteiger partial charge in [-0.05, 0) is 42.3 Å². The quantitative estimate of drug-likeness (QED) is 0.308. The van der Waals surface area contributed by atoms with E-state index in [1.54, 1.807) is 22.9 Å². The van der Waals surface area contributed by atoms with Crippen LogP contribution in [-0.4, -0.2) is 37.8 Å². The summed E-state index contributed by atoms with van der Waals surface area (Å²) in [5.41, 5.74) is 2.95. The first kappa shape index (κ1) is 23.0. The van der Waals surface area contributed by atoms with Gasteiger partial charge in [0.2, 0.25) is 5.91 Å². The number of rotatable bonds is 8. The van der Waals surface area contributed by atoms with Crippen molar-refractivity contribution in [3.05, 3.63) is 101 Å². The lowest BCUT2D eigenvalue weighted by molar-refractivity contribution is -0.118. The van der Waals surface area contributed by atoms with Gasteiger partial charge in [-0.25, -0.2) is 9.07 Å². The van der Waals surface area contributed by atoms with Gasteiger partial charge in [0, 0.05) is 6.42 Å². The second kappa shape index (κ2) is 9.87. The molecule has 5 rings (SSSR count). The van der Waals surface area contributed by atoms with Crippen LogP contribution < -0.4 is 10.6 Å². The molecule has 182 valence electrons. The molecule has 0 aliphatic carbocycles. The van der Waals surface area contributed by atoms with Crippen LogP contribution in [0.4, 0.5) is 10.2 Å². The summed E-state index contributed by atoms with van der Waals surface area (Å²) >= 11 is 0. The lowest BCUT2D eigenvalue weighted by Gasteiger charge is -2.17. The van der Waals surface area contributed by atoms with E-state index < -0.39 is 17.9 Å². The monoisotopic (exact) mass is 486 g/mol. The van der Waals surface area contributed by atoms with Crippen molar-refractivity contribution >= 4 is 28.7 Å². The van der Waals surface area contributed by atoms with Crippen LogP contribution in [0.15, 0.2) is 77.4 Å². The highest BCUT2D eigenvalue weighted by Crippen LogP contribution is 2.25. The Hall–Kier alpha value is -4.73. The van der Waals surface area contributed by atoms with Gasteiger partial charge < -0.3 is 15.1 Å². The highest BCUT2D eigenvalue weighted by atomic mass is 19.1. The fourth-order valence-electron chi connectivity index (χ4n) is 4.01. The van der Waals surface area contributed by atoms with Crippen molar-refractivity contribution in [2.24, 2.45) is 0 Å². The smallest absolute Gasteiger partial charge is 0.287 e. The van der Waals surface area contributed by atoms with Gasteiger partial charge in [-0.15, -0.1) is 0 Å². The number of fused-ring (bicyclic) bond motifs is 1. The average Bonchev–Trinajstić information content (AvgIpc) is 3.61. The Morgan fingerprint density at radius 3 is 2.56 bits per heavy atom. The molecule has 0 bridgehead atoms. The third-order valence-electron chi connectivity index (χ3n) is 5.77. The molecule has 0 aliphatic heterocycles. The molecule has 0 fully saturated rings. The second-order valence-electron chi connectivity index (χ2n) is 8.35. The molecule has 2 amide bonds. The Kier molecular flexibility index (Phi) is 6.31. The van der Waals surface area contributed by atoms with Crippen molar-refractivity contribution in [2.75, 3.05) is 5.32 Å². The van der Waals surface area contributed by atoms with Crippen LogP contribution in [0.1, 0.15) is 27.4 Å². The van der Waals surface area contributed by atoms with Crippen molar-refractivity contribution in [3.63, 3.8) is 0 Å². The molecule has 0 spiro atoms. The number of carbonyl (C=O) groups is 2. The summed E-state index contributed by atoms with van der Waals surface area (Å²) in [5, 5.41) is 18.0. The maximum Gasteiger partial charge on any atom is 0.287 e. The van der Waals surface area contributed by atoms with E-state index in [0.29, 0.717) is 29.1 Å². The van der Waals surface area contributed by atoms with E-state index in [9.17, 15) is 14.0 Å². The van der Waals surface area contributed by atoms with E-state index in [0.717, 1.165) is 11.1 Å². The van der Waals surface area contributed by atoms with Gasteiger partial charge in [-0.2, -0.15) is 10.2 Å². The molecule has 0 saturated heterocycles. The van der Waals surface area contributed by atoms with Crippen molar-refractivity contribution in [1.29, 1.82) is 0 Å². The molecule has 0 saturated carbocycles. The topological polar surface area (TPSA) is 118 Å². The van der Waals surface area contributed by atoms with Crippen molar-refractivity contribution in [2.45, 2.75) is 25.9 Å². The maximum absolute atomic E-state index is 13.3. The summed E-state index contributed by atoms with van der Waals surface area (Å²) in [6.45, 7) is 2.20. The number of H-pyrrole nitrogens is 1. The number of amides is 2. The normalized spacial score (nSPS) is 11.9. The lowest BCUT2D eigenvalue weighted by Crippen LogP contribution is -2.45. The molecule has 0 aliphatic rings. The van der Waals surface area contributed by atoms with Gasteiger partial charge in [-0.1, -0.05) is 42.5 Å². The third kappa shape index (κ3) is 4.88. The summed E-state index contributed by atoms with van der Waals surface area (Å²) in [4.78, 5) is 26.0. The first-order chi connectivity index (χ1) is 17.5. The van der Waals surface area contributed by atoms with Gasteiger partial charge in [0.15, 0.2) is 11.4 Å². The number of hydrogen-bond donors (Lipinski definition) is 3. The van der Waals surface area contributed by atoms with E-state index in [4.69, 9.17) is 4.42 Å². The van der Waals surface area contributed by atoms with Crippen LogP contribution in [0.3, 0.4) is 0 Å². The summed E-state index contributed by atoms with van der Waals surface area (Å²) in [5.74, 6) is -0.732. The summed E-state index contributed by atoms with van der Waals surface area (Å²) in [6, 6.07) is 17.8. The number of hydrogen-bond acceptors (Lipinski definition) is 5. The molecular weight excluding hydrogens is 463 g/mol. The van der Waals surface area contributed by atoms with Gasteiger partial charge in [-0.3, -0.25) is 14.7 Å². The molecule has 36 heavy (non-hydrogen) atoms. The molecule has 3 N–H and O–H groups in total. The number of furan rings is 1. The minimum atomic E-state index is -0.877. The number of nitrogens with zero attached hydrogens (tertiary/aromatic N) is 3. The largest absolute Gasteiger partial charge is 0.459 e. The van der Waals surface area contributed by atoms with Crippen molar-refractivity contribution in [1.82, 2.24) is 25.3 Å².